The van der Waals surface area contributed by atoms with Gasteiger partial charge in [-0.05, 0) is 30.7 Å². The molecule has 2 amide bonds. The van der Waals surface area contributed by atoms with Crippen LogP contribution in [0, 0.1) is 0 Å². The van der Waals surface area contributed by atoms with Crippen molar-refractivity contribution in [2.24, 2.45) is 0 Å². The summed E-state index contributed by atoms with van der Waals surface area (Å²) in [6.07, 6.45) is 0.695. The van der Waals surface area contributed by atoms with Crippen LogP contribution in [0.25, 0.3) is 0 Å². The Labute approximate surface area is 118 Å². The summed E-state index contributed by atoms with van der Waals surface area (Å²) in [6, 6.07) is 6.76. The van der Waals surface area contributed by atoms with Crippen molar-refractivity contribution in [1.29, 1.82) is 0 Å². The number of nitrogens with one attached hydrogen (secondary N) is 2. The van der Waals surface area contributed by atoms with Crippen molar-refractivity contribution < 1.29 is 9.59 Å². The molecule has 1 atom stereocenters. The summed E-state index contributed by atoms with van der Waals surface area (Å²) in [5.74, 6) is -0.123. The topological polar surface area (TPSA) is 87.5 Å². The second-order valence-electron chi connectivity index (χ2n) is 4.86. The van der Waals surface area contributed by atoms with E-state index in [1.807, 2.05) is 11.8 Å². The van der Waals surface area contributed by atoms with Crippen LogP contribution in [0.2, 0.25) is 0 Å². The van der Waals surface area contributed by atoms with Gasteiger partial charge in [0, 0.05) is 24.5 Å². The first-order valence-corrected chi connectivity index (χ1v) is 6.77. The van der Waals surface area contributed by atoms with Gasteiger partial charge in [0.05, 0.1) is 12.6 Å². The Morgan fingerprint density at radius 3 is 2.80 bits per heavy atom. The SMILES string of the molecule is CCC1C(=O)NCCN1CC(=O)Nc1ccc(N)cc1. The highest BCUT2D eigenvalue weighted by atomic mass is 16.2. The van der Waals surface area contributed by atoms with Crippen molar-refractivity contribution in [2.75, 3.05) is 30.7 Å². The van der Waals surface area contributed by atoms with E-state index in [9.17, 15) is 9.59 Å². The van der Waals surface area contributed by atoms with Crippen LogP contribution in [0.1, 0.15) is 13.3 Å². The van der Waals surface area contributed by atoms with E-state index in [4.69, 9.17) is 5.73 Å². The number of carbonyl (C=O) groups excluding carboxylic acids is 2. The number of hydrogen-bond acceptors (Lipinski definition) is 4. The number of amides is 2. The summed E-state index contributed by atoms with van der Waals surface area (Å²) < 4.78 is 0. The summed E-state index contributed by atoms with van der Waals surface area (Å²) >= 11 is 0. The van der Waals surface area contributed by atoms with Crippen molar-refractivity contribution in [2.45, 2.75) is 19.4 Å². The fraction of sp³-hybridized carbons (Fsp3) is 0.429. The molecule has 1 aromatic rings. The number of nitrogens with two attached hydrogens (primary N) is 1. The number of nitrogens with zero attached hydrogens (tertiary/aromatic N) is 1. The Balaban J connectivity index is 1.93. The molecular formula is C14H20N4O2. The molecule has 20 heavy (non-hydrogen) atoms. The normalized spacial score (nSPS) is 19.4. The molecule has 1 aromatic carbocycles. The second kappa shape index (κ2) is 6.38. The lowest BCUT2D eigenvalue weighted by molar-refractivity contribution is -0.130. The molecular weight excluding hydrogens is 256 g/mol. The molecule has 1 aliphatic rings. The van der Waals surface area contributed by atoms with Gasteiger partial charge in [-0.15, -0.1) is 0 Å². The van der Waals surface area contributed by atoms with E-state index in [1.165, 1.54) is 0 Å². The zero-order valence-electron chi connectivity index (χ0n) is 11.6. The summed E-state index contributed by atoms with van der Waals surface area (Å²) in [4.78, 5) is 25.6. The van der Waals surface area contributed by atoms with E-state index in [2.05, 4.69) is 10.6 Å². The minimum absolute atomic E-state index is 0.000894. The minimum atomic E-state index is -0.221. The molecule has 0 aromatic heterocycles. The molecule has 0 saturated carbocycles. The summed E-state index contributed by atoms with van der Waals surface area (Å²) in [5, 5.41) is 5.62. The zero-order valence-corrected chi connectivity index (χ0v) is 11.6. The van der Waals surface area contributed by atoms with Gasteiger partial charge in [0.2, 0.25) is 11.8 Å². The molecule has 6 nitrogen and oxygen atoms in total. The number of rotatable bonds is 4. The highest BCUT2D eigenvalue weighted by molar-refractivity contribution is 5.93. The molecule has 0 spiro atoms. The van der Waals surface area contributed by atoms with Gasteiger partial charge in [0.1, 0.15) is 0 Å². The molecule has 0 bridgehead atoms. The minimum Gasteiger partial charge on any atom is -0.399 e. The number of anilines is 2. The Morgan fingerprint density at radius 2 is 2.15 bits per heavy atom. The molecule has 2 rings (SSSR count). The van der Waals surface area contributed by atoms with E-state index in [1.54, 1.807) is 24.3 Å². The Hall–Kier alpha value is -2.08. The molecule has 0 radical (unpaired) electrons. The lowest BCUT2D eigenvalue weighted by Crippen LogP contribution is -2.56. The van der Waals surface area contributed by atoms with E-state index < -0.39 is 0 Å². The average Bonchev–Trinajstić information content (AvgIpc) is 2.42. The largest absolute Gasteiger partial charge is 0.399 e. The Morgan fingerprint density at radius 1 is 1.45 bits per heavy atom. The van der Waals surface area contributed by atoms with E-state index in [0.717, 1.165) is 0 Å². The number of nitrogen functional groups attached to an aromatic ring is 1. The molecule has 1 aliphatic heterocycles. The summed E-state index contributed by atoms with van der Waals surface area (Å²) in [7, 11) is 0. The first kappa shape index (κ1) is 14.3. The lowest BCUT2D eigenvalue weighted by Gasteiger charge is -2.33. The molecule has 1 heterocycles. The fourth-order valence-electron chi connectivity index (χ4n) is 2.35. The monoisotopic (exact) mass is 276 g/mol. The van der Waals surface area contributed by atoms with Crippen molar-refractivity contribution in [3.8, 4) is 0 Å². The number of carbonyl (C=O) groups is 2. The van der Waals surface area contributed by atoms with Crippen molar-refractivity contribution >= 4 is 23.2 Å². The standard InChI is InChI=1S/C14H20N4O2/c1-2-12-14(20)16-7-8-18(12)9-13(19)17-11-5-3-10(15)4-6-11/h3-6,12H,2,7-9,15H2,1H3,(H,16,20)(H,17,19). The highest BCUT2D eigenvalue weighted by Crippen LogP contribution is 2.12. The third-order valence-corrected chi connectivity index (χ3v) is 3.37. The number of benzene rings is 1. The molecule has 1 saturated heterocycles. The summed E-state index contributed by atoms with van der Waals surface area (Å²) in [6.45, 7) is 3.45. The second-order valence-corrected chi connectivity index (χ2v) is 4.86. The maximum absolute atomic E-state index is 12.0. The van der Waals surface area contributed by atoms with Gasteiger partial charge in [-0.1, -0.05) is 6.92 Å². The highest BCUT2D eigenvalue weighted by Gasteiger charge is 2.29. The van der Waals surface area contributed by atoms with Gasteiger partial charge in [0.25, 0.3) is 0 Å². The Bertz CT molecular complexity index is 486. The van der Waals surface area contributed by atoms with Gasteiger partial charge in [-0.2, -0.15) is 0 Å². The molecule has 4 N–H and O–H groups in total. The van der Waals surface area contributed by atoms with Gasteiger partial charge in [0.15, 0.2) is 0 Å². The van der Waals surface area contributed by atoms with Crippen LogP contribution in [0.5, 0.6) is 0 Å². The number of piperazine rings is 1. The molecule has 1 fully saturated rings. The summed E-state index contributed by atoms with van der Waals surface area (Å²) in [5.41, 5.74) is 6.95. The van der Waals surface area contributed by atoms with Crippen LogP contribution in [0.4, 0.5) is 11.4 Å². The third kappa shape index (κ3) is 3.48. The van der Waals surface area contributed by atoms with Crippen LogP contribution < -0.4 is 16.4 Å². The van der Waals surface area contributed by atoms with Crippen molar-refractivity contribution in [1.82, 2.24) is 10.2 Å². The van der Waals surface area contributed by atoms with Crippen molar-refractivity contribution in [3.63, 3.8) is 0 Å². The van der Waals surface area contributed by atoms with E-state index >= 15 is 0 Å². The average molecular weight is 276 g/mol. The third-order valence-electron chi connectivity index (χ3n) is 3.37. The fourth-order valence-corrected chi connectivity index (χ4v) is 2.35. The number of hydrogen-bond donors (Lipinski definition) is 3. The van der Waals surface area contributed by atoms with Crippen LogP contribution in [0.15, 0.2) is 24.3 Å². The van der Waals surface area contributed by atoms with Crippen LogP contribution in [-0.4, -0.2) is 42.4 Å². The van der Waals surface area contributed by atoms with E-state index in [-0.39, 0.29) is 24.4 Å². The quantitative estimate of drug-likeness (QED) is 0.695. The molecule has 108 valence electrons. The lowest BCUT2D eigenvalue weighted by atomic mass is 10.1. The maximum atomic E-state index is 12.0. The first-order chi connectivity index (χ1) is 9.60. The van der Waals surface area contributed by atoms with Crippen LogP contribution in [0.3, 0.4) is 0 Å². The van der Waals surface area contributed by atoms with Gasteiger partial charge >= 0.3 is 0 Å². The zero-order chi connectivity index (χ0) is 14.5. The molecule has 0 aliphatic carbocycles. The Kier molecular flexibility index (Phi) is 4.57. The van der Waals surface area contributed by atoms with Crippen LogP contribution >= 0.6 is 0 Å². The van der Waals surface area contributed by atoms with Gasteiger partial charge in [-0.3, -0.25) is 14.5 Å². The van der Waals surface area contributed by atoms with E-state index in [0.29, 0.717) is 30.9 Å². The van der Waals surface area contributed by atoms with Crippen molar-refractivity contribution in [3.05, 3.63) is 24.3 Å². The smallest absolute Gasteiger partial charge is 0.238 e. The maximum Gasteiger partial charge on any atom is 0.238 e. The van der Waals surface area contributed by atoms with Crippen LogP contribution in [-0.2, 0) is 9.59 Å². The molecule has 1 unspecified atom stereocenters. The first-order valence-electron chi connectivity index (χ1n) is 6.77. The predicted octanol–water partition coefficient (Wildman–Crippen LogP) is 0.418. The van der Waals surface area contributed by atoms with Gasteiger partial charge in [-0.25, -0.2) is 0 Å². The van der Waals surface area contributed by atoms with Gasteiger partial charge < -0.3 is 16.4 Å². The molecule has 6 heteroatoms. The predicted molar refractivity (Wildman–Crippen MR) is 78.1 cm³/mol.